The summed E-state index contributed by atoms with van der Waals surface area (Å²) in [5.74, 6) is 1.19. The van der Waals surface area contributed by atoms with Gasteiger partial charge in [-0.05, 0) is 12.8 Å². The van der Waals surface area contributed by atoms with Crippen LogP contribution in [0, 0.1) is 0 Å². The van der Waals surface area contributed by atoms with E-state index in [1.54, 1.807) is 10.8 Å². The molecule has 1 saturated carbocycles. The lowest BCUT2D eigenvalue weighted by Gasteiger charge is -2.09. The minimum atomic E-state index is -0.0953. The normalized spacial score (nSPS) is 15.1. The van der Waals surface area contributed by atoms with Gasteiger partial charge < -0.3 is 0 Å². The van der Waals surface area contributed by atoms with Gasteiger partial charge in [-0.2, -0.15) is 0 Å². The number of aromatic nitrogens is 3. The molecule has 0 aromatic carbocycles. The molecule has 6 heteroatoms. The van der Waals surface area contributed by atoms with Crippen LogP contribution in [0.25, 0.3) is 0 Å². The average Bonchev–Trinajstić information content (AvgIpc) is 3.00. The molecule has 0 saturated heterocycles. The van der Waals surface area contributed by atoms with Gasteiger partial charge in [-0.1, -0.05) is 11.6 Å². The molecule has 0 aliphatic heterocycles. The summed E-state index contributed by atoms with van der Waals surface area (Å²) in [6.07, 6.45) is 3.92. The minimum Gasteiger partial charge on any atom is -0.289 e. The van der Waals surface area contributed by atoms with Gasteiger partial charge in [-0.3, -0.25) is 9.36 Å². The highest BCUT2D eigenvalue weighted by Gasteiger charge is 2.29. The molecule has 2 aromatic heterocycles. The molecule has 0 amide bonds. The van der Waals surface area contributed by atoms with Crippen LogP contribution in [-0.4, -0.2) is 14.5 Å². The van der Waals surface area contributed by atoms with Crippen molar-refractivity contribution < 1.29 is 0 Å². The van der Waals surface area contributed by atoms with Crippen molar-refractivity contribution >= 4 is 22.9 Å². The van der Waals surface area contributed by atoms with E-state index in [1.165, 1.54) is 17.4 Å². The van der Waals surface area contributed by atoms with E-state index in [9.17, 15) is 4.79 Å². The van der Waals surface area contributed by atoms with Crippen LogP contribution in [0.5, 0.6) is 0 Å². The maximum absolute atomic E-state index is 11.9. The maximum atomic E-state index is 11.9. The van der Waals surface area contributed by atoms with E-state index >= 15 is 0 Å². The number of hydrogen-bond acceptors (Lipinski definition) is 4. The first kappa shape index (κ1) is 10.9. The third kappa shape index (κ3) is 2.25. The lowest BCUT2D eigenvalue weighted by atomic mass is 10.3. The van der Waals surface area contributed by atoms with E-state index in [2.05, 4.69) is 9.97 Å². The number of halogens is 1. The predicted molar refractivity (Wildman–Crippen MR) is 66.7 cm³/mol. The molecule has 0 bridgehead atoms. The minimum absolute atomic E-state index is 0.0953. The van der Waals surface area contributed by atoms with Gasteiger partial charge in [0.25, 0.3) is 5.56 Å². The Labute approximate surface area is 107 Å². The Morgan fingerprint density at radius 3 is 3.00 bits per heavy atom. The predicted octanol–water partition coefficient (Wildman–Crippen LogP) is 2.28. The van der Waals surface area contributed by atoms with Crippen molar-refractivity contribution in [3.63, 3.8) is 0 Å². The molecule has 1 aliphatic carbocycles. The lowest BCUT2D eigenvalue weighted by Crippen LogP contribution is -2.24. The summed E-state index contributed by atoms with van der Waals surface area (Å²) in [4.78, 5) is 20.4. The monoisotopic (exact) mass is 267 g/mol. The molecule has 3 rings (SSSR count). The van der Waals surface area contributed by atoms with Gasteiger partial charge in [-0.25, -0.2) is 9.97 Å². The molecule has 4 nitrogen and oxygen atoms in total. The molecule has 0 atom stereocenters. The van der Waals surface area contributed by atoms with E-state index in [0.29, 0.717) is 12.5 Å². The number of rotatable bonds is 3. The first-order chi connectivity index (χ1) is 8.24. The zero-order valence-electron chi connectivity index (χ0n) is 8.97. The van der Waals surface area contributed by atoms with Crippen LogP contribution in [0.3, 0.4) is 0 Å². The van der Waals surface area contributed by atoms with Crippen molar-refractivity contribution in [2.24, 2.45) is 0 Å². The third-order valence-corrected chi connectivity index (χ3v) is 3.68. The Morgan fingerprint density at radius 1 is 1.53 bits per heavy atom. The van der Waals surface area contributed by atoms with Crippen molar-refractivity contribution in [1.29, 1.82) is 0 Å². The van der Waals surface area contributed by atoms with E-state index in [-0.39, 0.29) is 10.7 Å². The van der Waals surface area contributed by atoms with E-state index < -0.39 is 0 Å². The van der Waals surface area contributed by atoms with Gasteiger partial charge in [0.1, 0.15) is 16.0 Å². The molecular weight excluding hydrogens is 258 g/mol. The largest absolute Gasteiger partial charge is 0.289 e. The van der Waals surface area contributed by atoms with Crippen LogP contribution in [0.4, 0.5) is 0 Å². The highest BCUT2D eigenvalue weighted by Crippen LogP contribution is 2.38. The van der Waals surface area contributed by atoms with Crippen LogP contribution >= 0.6 is 22.9 Å². The molecule has 2 heterocycles. The molecule has 88 valence electrons. The number of nitrogens with zero attached hydrogens (tertiary/aromatic N) is 3. The zero-order valence-corrected chi connectivity index (χ0v) is 10.5. The number of thiazole rings is 1. The molecule has 0 radical (unpaired) electrons. The molecule has 1 aliphatic rings. The average molecular weight is 268 g/mol. The Bertz CT molecular complexity index is 589. The summed E-state index contributed by atoms with van der Waals surface area (Å²) in [5.41, 5.74) is -0.0953. The summed E-state index contributed by atoms with van der Waals surface area (Å²) < 4.78 is 1.68. The highest BCUT2D eigenvalue weighted by molar-refractivity contribution is 7.09. The SMILES string of the molecule is O=c1cc(Cl)nc(C2CC2)n1Cc1nccs1. The molecular formula is C11H10ClN3OS. The smallest absolute Gasteiger partial charge is 0.255 e. The highest BCUT2D eigenvalue weighted by atomic mass is 35.5. The molecule has 17 heavy (non-hydrogen) atoms. The molecule has 2 aromatic rings. The standard InChI is InChI=1S/C11H10ClN3OS/c12-8-5-10(16)15(6-9-13-3-4-17-9)11(14-8)7-1-2-7/h3-5,7H,1-2,6H2. The molecule has 0 N–H and O–H groups in total. The second kappa shape index (κ2) is 4.23. The van der Waals surface area contributed by atoms with Crippen molar-refractivity contribution in [1.82, 2.24) is 14.5 Å². The van der Waals surface area contributed by atoms with Crippen molar-refractivity contribution in [3.8, 4) is 0 Å². The second-order valence-electron chi connectivity index (χ2n) is 4.06. The van der Waals surface area contributed by atoms with Crippen LogP contribution in [0.15, 0.2) is 22.4 Å². The van der Waals surface area contributed by atoms with Crippen LogP contribution in [0.1, 0.15) is 29.6 Å². The molecule has 0 unspecified atom stereocenters. The van der Waals surface area contributed by atoms with Crippen LogP contribution in [0.2, 0.25) is 5.15 Å². The quantitative estimate of drug-likeness (QED) is 0.802. The summed E-state index contributed by atoms with van der Waals surface area (Å²) in [6, 6.07) is 1.36. The van der Waals surface area contributed by atoms with Gasteiger partial charge in [0.2, 0.25) is 0 Å². The fourth-order valence-electron chi connectivity index (χ4n) is 1.77. The van der Waals surface area contributed by atoms with Gasteiger partial charge in [0, 0.05) is 23.6 Å². The summed E-state index contributed by atoms with van der Waals surface area (Å²) >= 11 is 7.38. The fraction of sp³-hybridized carbons (Fsp3) is 0.364. The van der Waals surface area contributed by atoms with Crippen molar-refractivity contribution in [3.05, 3.63) is 44.0 Å². The zero-order chi connectivity index (χ0) is 11.8. The summed E-state index contributed by atoms with van der Waals surface area (Å²) in [5, 5.41) is 3.10. The van der Waals surface area contributed by atoms with E-state index in [0.717, 1.165) is 23.7 Å². The number of hydrogen-bond donors (Lipinski definition) is 0. The molecule has 0 spiro atoms. The van der Waals surface area contributed by atoms with Gasteiger partial charge in [0.05, 0.1) is 6.54 Å². The van der Waals surface area contributed by atoms with E-state index in [1.807, 2.05) is 5.38 Å². The topological polar surface area (TPSA) is 47.8 Å². The maximum Gasteiger partial charge on any atom is 0.255 e. The van der Waals surface area contributed by atoms with Crippen LogP contribution in [-0.2, 0) is 6.54 Å². The first-order valence-corrected chi connectivity index (χ1v) is 6.65. The Hall–Kier alpha value is -1.20. The second-order valence-corrected chi connectivity index (χ2v) is 5.43. The third-order valence-electron chi connectivity index (χ3n) is 2.73. The van der Waals surface area contributed by atoms with Gasteiger partial charge in [0.15, 0.2) is 0 Å². The Balaban J connectivity index is 2.04. The first-order valence-electron chi connectivity index (χ1n) is 5.39. The Kier molecular flexibility index (Phi) is 2.72. The lowest BCUT2D eigenvalue weighted by molar-refractivity contribution is 0.667. The van der Waals surface area contributed by atoms with Gasteiger partial charge >= 0.3 is 0 Å². The Morgan fingerprint density at radius 2 is 2.35 bits per heavy atom. The summed E-state index contributed by atoms with van der Waals surface area (Å²) in [6.45, 7) is 0.493. The van der Waals surface area contributed by atoms with Crippen molar-refractivity contribution in [2.45, 2.75) is 25.3 Å². The molecule has 1 fully saturated rings. The van der Waals surface area contributed by atoms with E-state index in [4.69, 9.17) is 11.6 Å². The summed E-state index contributed by atoms with van der Waals surface area (Å²) in [7, 11) is 0. The van der Waals surface area contributed by atoms with Crippen molar-refractivity contribution in [2.75, 3.05) is 0 Å². The fourth-order valence-corrected chi connectivity index (χ4v) is 2.56. The van der Waals surface area contributed by atoms with Gasteiger partial charge in [-0.15, -0.1) is 11.3 Å². The van der Waals surface area contributed by atoms with Crippen LogP contribution < -0.4 is 5.56 Å².